The van der Waals surface area contributed by atoms with Crippen molar-refractivity contribution in [3.8, 4) is 0 Å². The van der Waals surface area contributed by atoms with Crippen molar-refractivity contribution < 1.29 is 0 Å². The first-order valence-corrected chi connectivity index (χ1v) is 8.53. The molecule has 4 aliphatic carbocycles. The Morgan fingerprint density at radius 1 is 1.00 bits per heavy atom. The van der Waals surface area contributed by atoms with E-state index in [2.05, 4.69) is 31.1 Å². The lowest BCUT2D eigenvalue weighted by Crippen LogP contribution is -2.49. The number of likely N-dealkylation sites (N-methyl/N-ethyl adjacent to an activating group) is 1. The molecule has 110 valence electrons. The van der Waals surface area contributed by atoms with E-state index in [4.69, 9.17) is 0 Å². The molecule has 19 heavy (non-hydrogen) atoms. The molecule has 0 amide bonds. The molecule has 4 rings (SSSR count). The predicted molar refractivity (Wildman–Crippen MR) is 81.2 cm³/mol. The van der Waals surface area contributed by atoms with Gasteiger partial charge in [0, 0.05) is 25.7 Å². The minimum absolute atomic E-state index is 0.620. The monoisotopic (exact) mass is 264 g/mol. The number of hydrogen-bond donors (Lipinski definition) is 1. The van der Waals surface area contributed by atoms with Crippen LogP contribution in [0.1, 0.15) is 46.0 Å². The highest BCUT2D eigenvalue weighted by atomic mass is 15.1. The second-order valence-electron chi connectivity index (χ2n) is 7.97. The van der Waals surface area contributed by atoms with Crippen LogP contribution >= 0.6 is 0 Å². The van der Waals surface area contributed by atoms with Crippen molar-refractivity contribution in [2.45, 2.75) is 52.0 Å². The molecule has 0 radical (unpaired) electrons. The summed E-state index contributed by atoms with van der Waals surface area (Å²) in [6, 6.07) is 0.620. The normalized spacial score (nSPS) is 40.6. The van der Waals surface area contributed by atoms with Crippen molar-refractivity contribution in [2.75, 3.05) is 26.7 Å². The van der Waals surface area contributed by atoms with Crippen LogP contribution in [0.4, 0.5) is 0 Å². The summed E-state index contributed by atoms with van der Waals surface area (Å²) in [4.78, 5) is 2.59. The summed E-state index contributed by atoms with van der Waals surface area (Å²) in [5.41, 5.74) is 0. The largest absolute Gasteiger partial charge is 0.313 e. The summed E-state index contributed by atoms with van der Waals surface area (Å²) >= 11 is 0. The fourth-order valence-electron chi connectivity index (χ4n) is 5.33. The zero-order valence-electron chi connectivity index (χ0n) is 13.1. The topological polar surface area (TPSA) is 15.3 Å². The smallest absolute Gasteiger partial charge is 0.0104 e. The fraction of sp³-hybridized carbons (Fsp3) is 1.00. The maximum atomic E-state index is 3.54. The van der Waals surface area contributed by atoms with Crippen molar-refractivity contribution in [2.24, 2.45) is 29.6 Å². The van der Waals surface area contributed by atoms with Gasteiger partial charge in [-0.25, -0.2) is 0 Å². The van der Waals surface area contributed by atoms with Gasteiger partial charge < -0.3 is 10.2 Å². The molecule has 0 aliphatic heterocycles. The zero-order chi connectivity index (χ0) is 13.4. The third-order valence-electron chi connectivity index (χ3n) is 5.99. The van der Waals surface area contributed by atoms with Gasteiger partial charge in [-0.3, -0.25) is 0 Å². The van der Waals surface area contributed by atoms with E-state index in [0.717, 1.165) is 36.1 Å². The van der Waals surface area contributed by atoms with Gasteiger partial charge in [0.1, 0.15) is 0 Å². The second kappa shape index (κ2) is 5.73. The summed E-state index contributed by atoms with van der Waals surface area (Å²) < 4.78 is 0. The first-order valence-electron chi connectivity index (χ1n) is 8.53. The van der Waals surface area contributed by atoms with E-state index in [9.17, 15) is 0 Å². The fourth-order valence-corrected chi connectivity index (χ4v) is 5.33. The Kier molecular flexibility index (Phi) is 4.19. The Labute approximate surface area is 119 Å². The van der Waals surface area contributed by atoms with Crippen molar-refractivity contribution >= 4 is 0 Å². The van der Waals surface area contributed by atoms with Gasteiger partial charge in [-0.15, -0.1) is 0 Å². The molecule has 1 N–H and O–H groups in total. The van der Waals surface area contributed by atoms with Crippen LogP contribution in [0.25, 0.3) is 0 Å². The lowest BCUT2D eigenvalue weighted by atomic mass is 9.52. The number of hydrogen-bond acceptors (Lipinski definition) is 2. The molecule has 4 aliphatic rings. The van der Waals surface area contributed by atoms with Gasteiger partial charge >= 0.3 is 0 Å². The van der Waals surface area contributed by atoms with Crippen LogP contribution in [0.3, 0.4) is 0 Å². The molecule has 0 aromatic rings. The van der Waals surface area contributed by atoms with E-state index in [0.29, 0.717) is 6.04 Å². The van der Waals surface area contributed by atoms with Crippen LogP contribution in [0.15, 0.2) is 0 Å². The maximum Gasteiger partial charge on any atom is 0.0104 e. The van der Waals surface area contributed by atoms with Crippen molar-refractivity contribution in [1.29, 1.82) is 0 Å². The summed E-state index contributed by atoms with van der Waals surface area (Å²) in [5, 5.41) is 3.54. The third-order valence-corrected chi connectivity index (χ3v) is 5.99. The predicted octanol–water partition coefficient (Wildman–Crippen LogP) is 2.99. The van der Waals surface area contributed by atoms with Crippen molar-refractivity contribution in [3.05, 3.63) is 0 Å². The molecule has 0 atom stereocenters. The molecule has 2 nitrogen and oxygen atoms in total. The molecule has 0 heterocycles. The molecular weight excluding hydrogens is 232 g/mol. The lowest BCUT2D eigenvalue weighted by molar-refractivity contribution is -0.0465. The first-order chi connectivity index (χ1) is 9.11. The van der Waals surface area contributed by atoms with Crippen LogP contribution in [0, 0.1) is 29.6 Å². The number of nitrogens with one attached hydrogen (secondary N) is 1. The van der Waals surface area contributed by atoms with E-state index in [-0.39, 0.29) is 0 Å². The van der Waals surface area contributed by atoms with Crippen LogP contribution in [0.2, 0.25) is 0 Å². The Morgan fingerprint density at radius 2 is 1.58 bits per heavy atom. The summed E-state index contributed by atoms with van der Waals surface area (Å²) in [6.07, 6.45) is 7.84. The molecule has 4 fully saturated rings. The van der Waals surface area contributed by atoms with Crippen LogP contribution in [-0.4, -0.2) is 37.6 Å². The van der Waals surface area contributed by atoms with Gasteiger partial charge in [0.2, 0.25) is 0 Å². The molecule has 0 aromatic heterocycles. The second-order valence-corrected chi connectivity index (χ2v) is 7.97. The Bertz CT molecular complexity index is 272. The van der Waals surface area contributed by atoms with E-state index in [1.54, 1.807) is 32.1 Å². The highest BCUT2D eigenvalue weighted by molar-refractivity contribution is 4.98. The molecule has 0 spiro atoms. The first kappa shape index (κ1) is 13.9. The molecule has 0 saturated heterocycles. The van der Waals surface area contributed by atoms with E-state index in [1.807, 2.05) is 0 Å². The van der Waals surface area contributed by atoms with Crippen molar-refractivity contribution in [1.82, 2.24) is 10.2 Å². The Balaban J connectivity index is 1.47. The lowest BCUT2D eigenvalue weighted by Gasteiger charge is -2.55. The summed E-state index contributed by atoms with van der Waals surface area (Å²) in [5.74, 6) is 5.42. The molecule has 4 saturated carbocycles. The third kappa shape index (κ3) is 3.16. The summed E-state index contributed by atoms with van der Waals surface area (Å²) in [7, 11) is 2.33. The van der Waals surface area contributed by atoms with Gasteiger partial charge in [0.05, 0.1) is 0 Å². The van der Waals surface area contributed by atoms with Gasteiger partial charge in [0.15, 0.2) is 0 Å². The molecular formula is C17H32N2. The van der Waals surface area contributed by atoms with E-state index >= 15 is 0 Å². The van der Waals surface area contributed by atoms with Crippen LogP contribution in [0.5, 0.6) is 0 Å². The Morgan fingerprint density at radius 3 is 2.11 bits per heavy atom. The number of nitrogens with zero attached hydrogens (tertiary/aromatic N) is 1. The minimum atomic E-state index is 0.620. The SMILES string of the molecule is CC(C)NCCN(C)CC1C2CC3CC(C2)CC1C3. The zero-order valence-corrected chi connectivity index (χ0v) is 13.1. The van der Waals surface area contributed by atoms with Gasteiger partial charge in [-0.1, -0.05) is 13.8 Å². The average Bonchev–Trinajstić information content (AvgIpc) is 2.32. The highest BCUT2D eigenvalue weighted by Crippen LogP contribution is 2.56. The Hall–Kier alpha value is -0.0800. The molecule has 2 heteroatoms. The van der Waals surface area contributed by atoms with Gasteiger partial charge in [-0.2, -0.15) is 0 Å². The van der Waals surface area contributed by atoms with E-state index < -0.39 is 0 Å². The maximum absolute atomic E-state index is 3.54. The van der Waals surface area contributed by atoms with E-state index in [1.165, 1.54) is 13.1 Å². The van der Waals surface area contributed by atoms with Gasteiger partial charge in [-0.05, 0) is 68.7 Å². The quantitative estimate of drug-likeness (QED) is 0.793. The molecule has 4 bridgehead atoms. The van der Waals surface area contributed by atoms with Crippen LogP contribution < -0.4 is 5.32 Å². The van der Waals surface area contributed by atoms with Gasteiger partial charge in [0.25, 0.3) is 0 Å². The molecule has 0 unspecified atom stereocenters. The summed E-state index contributed by atoms with van der Waals surface area (Å²) in [6.45, 7) is 8.17. The molecule has 0 aromatic carbocycles. The minimum Gasteiger partial charge on any atom is -0.313 e. The van der Waals surface area contributed by atoms with Crippen LogP contribution in [-0.2, 0) is 0 Å². The number of rotatable bonds is 6. The van der Waals surface area contributed by atoms with Crippen molar-refractivity contribution in [3.63, 3.8) is 0 Å². The highest BCUT2D eigenvalue weighted by Gasteiger charge is 2.47. The average molecular weight is 264 g/mol. The standard InChI is InChI=1S/C17H32N2/c1-12(2)18-4-5-19(3)11-17-15-7-13-6-14(9-15)10-16(17)8-13/h12-18H,4-11H2,1-3H3.